The summed E-state index contributed by atoms with van der Waals surface area (Å²) in [5.74, 6) is -3.91. The number of halogens is 2. The maximum absolute atomic E-state index is 13.7. The highest BCUT2D eigenvalue weighted by atomic mass is 31.2. The number of rotatable bonds is 13. The van der Waals surface area contributed by atoms with E-state index in [1.807, 2.05) is 27.1 Å². The number of hydrogen-bond acceptors (Lipinski definition) is 5. The maximum atomic E-state index is 13.7. The summed E-state index contributed by atoms with van der Waals surface area (Å²) >= 11 is 0. The molecular formula is C17H32F2N3O4P. The summed E-state index contributed by atoms with van der Waals surface area (Å²) < 4.78 is 38.2. The molecule has 0 aliphatic rings. The lowest BCUT2D eigenvalue weighted by Gasteiger charge is -2.21. The molecule has 0 heterocycles. The Kier molecular flexibility index (Phi) is 11.5. The number of alkyl halides is 2. The third-order valence-electron chi connectivity index (χ3n) is 3.91. The second-order valence-corrected chi connectivity index (χ2v) is 7.81. The summed E-state index contributed by atoms with van der Waals surface area (Å²) in [6.07, 6.45) is 3.52. The molecule has 1 atom stereocenters. The molecule has 0 fully saturated rings. The second-order valence-electron chi connectivity index (χ2n) is 6.16. The third-order valence-corrected chi connectivity index (χ3v) is 4.75. The van der Waals surface area contributed by atoms with Crippen LogP contribution in [0.3, 0.4) is 0 Å². The van der Waals surface area contributed by atoms with Gasteiger partial charge in [0.15, 0.2) is 0 Å². The molecule has 0 aromatic carbocycles. The van der Waals surface area contributed by atoms with E-state index in [0.717, 1.165) is 30.3 Å². The van der Waals surface area contributed by atoms with Gasteiger partial charge >= 0.3 is 7.60 Å². The van der Waals surface area contributed by atoms with Crippen LogP contribution in [-0.2, 0) is 4.57 Å². The van der Waals surface area contributed by atoms with Gasteiger partial charge in [0.05, 0.1) is 0 Å². The lowest BCUT2D eigenvalue weighted by atomic mass is 10.1. The first-order valence-electron chi connectivity index (χ1n) is 8.65. The minimum Gasteiger partial charge on any atom is -0.392 e. The lowest BCUT2D eigenvalue weighted by Crippen LogP contribution is -2.36. The summed E-state index contributed by atoms with van der Waals surface area (Å²) in [5.41, 5.74) is 2.46. The fourth-order valence-electron chi connectivity index (χ4n) is 2.25. The molecule has 0 aliphatic heterocycles. The predicted molar refractivity (Wildman–Crippen MR) is 103 cm³/mol. The minimum absolute atomic E-state index is 0.366. The molecule has 0 aromatic heterocycles. The van der Waals surface area contributed by atoms with E-state index in [0.29, 0.717) is 18.5 Å². The standard InChI is InChI=1S/C17H32F2N3O4P/c1-13(20-2)7-5-8-14(21-3)9-6-10-15(22-4)11-16(23)17(18,19)12-27(24,25)26/h7,9,11,16,20-23H,5-6,8,10,12H2,1-4H3,(H2,24,25,26). The number of aliphatic hydroxyl groups excluding tert-OH is 1. The van der Waals surface area contributed by atoms with Crippen LogP contribution in [0, 0.1) is 0 Å². The Bertz CT molecular complexity index is 589. The zero-order chi connectivity index (χ0) is 21.1. The van der Waals surface area contributed by atoms with E-state index in [1.54, 1.807) is 0 Å². The monoisotopic (exact) mass is 411 g/mol. The van der Waals surface area contributed by atoms with Crippen LogP contribution in [0.2, 0.25) is 0 Å². The quantitative estimate of drug-likeness (QED) is 0.257. The van der Waals surface area contributed by atoms with Gasteiger partial charge in [0.2, 0.25) is 0 Å². The Morgan fingerprint density at radius 1 is 1.04 bits per heavy atom. The van der Waals surface area contributed by atoms with Gasteiger partial charge in [-0.15, -0.1) is 0 Å². The number of allylic oxidation sites excluding steroid dienone is 5. The Hall–Kier alpha value is -1.41. The molecular weight excluding hydrogens is 379 g/mol. The van der Waals surface area contributed by atoms with Crippen molar-refractivity contribution in [2.75, 3.05) is 27.3 Å². The van der Waals surface area contributed by atoms with Gasteiger partial charge in [-0.25, -0.2) is 8.78 Å². The molecule has 7 nitrogen and oxygen atoms in total. The molecule has 0 bridgehead atoms. The van der Waals surface area contributed by atoms with E-state index in [4.69, 9.17) is 9.79 Å². The first-order chi connectivity index (χ1) is 12.4. The minimum atomic E-state index is -4.94. The van der Waals surface area contributed by atoms with Crippen molar-refractivity contribution < 1.29 is 28.2 Å². The Labute approximate surface area is 159 Å². The highest BCUT2D eigenvalue weighted by Crippen LogP contribution is 2.42. The highest BCUT2D eigenvalue weighted by Gasteiger charge is 2.43. The maximum Gasteiger partial charge on any atom is 0.331 e. The van der Waals surface area contributed by atoms with Crippen LogP contribution >= 0.6 is 7.60 Å². The van der Waals surface area contributed by atoms with Gasteiger partial charge in [0, 0.05) is 38.2 Å². The van der Waals surface area contributed by atoms with Gasteiger partial charge in [0.1, 0.15) is 12.3 Å². The molecule has 0 spiro atoms. The second kappa shape index (κ2) is 12.1. The fourth-order valence-corrected chi connectivity index (χ4v) is 2.99. The largest absolute Gasteiger partial charge is 0.392 e. The SMILES string of the molecule is CNC(C)=CCCC(=CCCC(=CC(O)C(F)(F)CP(=O)(O)O)NC)NC. The molecule has 0 saturated carbocycles. The van der Waals surface area contributed by atoms with Crippen LogP contribution in [0.15, 0.2) is 35.3 Å². The van der Waals surface area contributed by atoms with Gasteiger partial charge in [-0.1, -0.05) is 12.2 Å². The zero-order valence-electron chi connectivity index (χ0n) is 16.3. The smallest absolute Gasteiger partial charge is 0.331 e. The van der Waals surface area contributed by atoms with Gasteiger partial charge in [-0.3, -0.25) is 4.57 Å². The van der Waals surface area contributed by atoms with Crippen molar-refractivity contribution in [1.82, 2.24) is 16.0 Å². The third kappa shape index (κ3) is 11.8. The van der Waals surface area contributed by atoms with Crippen molar-refractivity contribution in [3.63, 3.8) is 0 Å². The van der Waals surface area contributed by atoms with Crippen molar-refractivity contribution in [2.24, 2.45) is 0 Å². The van der Waals surface area contributed by atoms with Gasteiger partial charge in [0.25, 0.3) is 5.92 Å². The normalized spacial score (nSPS) is 15.5. The zero-order valence-corrected chi connectivity index (χ0v) is 17.2. The average molecular weight is 411 g/mol. The van der Waals surface area contributed by atoms with Crippen molar-refractivity contribution in [1.29, 1.82) is 0 Å². The molecule has 0 radical (unpaired) electrons. The van der Waals surface area contributed by atoms with Gasteiger partial charge < -0.3 is 30.8 Å². The first-order valence-corrected chi connectivity index (χ1v) is 10.4. The fraction of sp³-hybridized carbons (Fsp3) is 0.647. The van der Waals surface area contributed by atoms with Crippen LogP contribution in [0.4, 0.5) is 8.78 Å². The number of nitrogens with one attached hydrogen (secondary N) is 3. The summed E-state index contributed by atoms with van der Waals surface area (Å²) in [7, 11) is 0.255. The molecule has 0 aliphatic carbocycles. The van der Waals surface area contributed by atoms with E-state index < -0.39 is 25.8 Å². The van der Waals surface area contributed by atoms with Crippen LogP contribution in [0.25, 0.3) is 0 Å². The van der Waals surface area contributed by atoms with E-state index in [-0.39, 0.29) is 0 Å². The lowest BCUT2D eigenvalue weighted by molar-refractivity contribution is -0.0703. The molecule has 158 valence electrons. The molecule has 10 heteroatoms. The molecule has 0 saturated heterocycles. The predicted octanol–water partition coefficient (Wildman–Crippen LogP) is 2.05. The van der Waals surface area contributed by atoms with Crippen LogP contribution in [-0.4, -0.2) is 54.2 Å². The summed E-state index contributed by atoms with van der Waals surface area (Å²) in [5, 5.41) is 18.5. The highest BCUT2D eigenvalue weighted by molar-refractivity contribution is 7.51. The Balaban J connectivity index is 4.82. The van der Waals surface area contributed by atoms with Crippen LogP contribution in [0.1, 0.15) is 32.6 Å². The summed E-state index contributed by atoms with van der Waals surface area (Å²) in [4.78, 5) is 17.4. The van der Waals surface area contributed by atoms with Crippen LogP contribution in [0.5, 0.6) is 0 Å². The Morgan fingerprint density at radius 2 is 1.56 bits per heavy atom. The van der Waals surface area contributed by atoms with E-state index in [9.17, 15) is 18.5 Å². The van der Waals surface area contributed by atoms with Crippen molar-refractivity contribution in [3.8, 4) is 0 Å². The molecule has 1 unspecified atom stereocenters. The topological polar surface area (TPSA) is 114 Å². The summed E-state index contributed by atoms with van der Waals surface area (Å²) in [6.45, 7) is 1.97. The number of hydrogen-bond donors (Lipinski definition) is 6. The number of aliphatic hydroxyl groups is 1. The molecule has 0 aromatic rings. The van der Waals surface area contributed by atoms with Gasteiger partial charge in [-0.2, -0.15) is 0 Å². The molecule has 27 heavy (non-hydrogen) atoms. The van der Waals surface area contributed by atoms with E-state index in [2.05, 4.69) is 22.0 Å². The summed E-state index contributed by atoms with van der Waals surface area (Å²) in [6, 6.07) is 0. The molecule has 0 rings (SSSR count). The van der Waals surface area contributed by atoms with Gasteiger partial charge in [-0.05, 0) is 38.7 Å². The molecule has 6 N–H and O–H groups in total. The average Bonchev–Trinajstić information content (AvgIpc) is 2.56. The van der Waals surface area contributed by atoms with E-state index >= 15 is 0 Å². The van der Waals surface area contributed by atoms with Crippen molar-refractivity contribution in [2.45, 2.75) is 44.6 Å². The van der Waals surface area contributed by atoms with Crippen LogP contribution < -0.4 is 16.0 Å². The molecule has 0 amide bonds. The Morgan fingerprint density at radius 3 is 2.04 bits per heavy atom. The van der Waals surface area contributed by atoms with Crippen molar-refractivity contribution in [3.05, 3.63) is 35.3 Å². The van der Waals surface area contributed by atoms with Crippen molar-refractivity contribution >= 4 is 7.60 Å². The first kappa shape index (κ1) is 25.6. The van der Waals surface area contributed by atoms with E-state index in [1.165, 1.54) is 7.05 Å².